The lowest BCUT2D eigenvalue weighted by atomic mass is 10.0. The first-order valence-electron chi connectivity index (χ1n) is 11.2. The van der Waals surface area contributed by atoms with Gasteiger partial charge in [0.2, 0.25) is 10.0 Å². The molecule has 0 bridgehead atoms. The van der Waals surface area contributed by atoms with Crippen molar-refractivity contribution in [1.29, 1.82) is 0 Å². The third-order valence-electron chi connectivity index (χ3n) is 6.07. The van der Waals surface area contributed by atoms with E-state index < -0.39 is 10.0 Å². The number of benzene rings is 2. The number of hydrogen-bond acceptors (Lipinski definition) is 6. The summed E-state index contributed by atoms with van der Waals surface area (Å²) in [7, 11) is -0.909. The minimum absolute atomic E-state index is 0.0517. The van der Waals surface area contributed by atoms with Gasteiger partial charge in [-0.3, -0.25) is 9.78 Å². The van der Waals surface area contributed by atoms with Crippen LogP contribution >= 0.6 is 0 Å². The topological polar surface area (TPSA) is 89.0 Å². The van der Waals surface area contributed by atoms with Gasteiger partial charge >= 0.3 is 0 Å². The van der Waals surface area contributed by atoms with E-state index in [1.54, 1.807) is 17.0 Å². The average Bonchev–Trinajstić information content (AvgIpc) is 2.87. The normalized spacial score (nSPS) is 15.0. The summed E-state index contributed by atoms with van der Waals surface area (Å²) in [5.41, 5.74) is 2.23. The standard InChI is InChI=1S/C25H29N3O5S/c1-17(2)22-16-20(19-7-5-6-8-21(19)26-22)25(29)27-11-13-28(14-12-27)34(30,31)24-15-18(32-3)9-10-23(24)33-4/h5-10,15-17H,11-14H2,1-4H3. The molecule has 0 radical (unpaired) electrons. The van der Waals surface area contributed by atoms with Gasteiger partial charge in [0.25, 0.3) is 5.91 Å². The zero-order valence-electron chi connectivity index (χ0n) is 19.8. The monoisotopic (exact) mass is 483 g/mol. The summed E-state index contributed by atoms with van der Waals surface area (Å²) < 4.78 is 38.6. The van der Waals surface area contributed by atoms with Gasteiger partial charge in [-0.2, -0.15) is 4.31 Å². The molecule has 1 aliphatic heterocycles. The van der Waals surface area contributed by atoms with E-state index in [0.717, 1.165) is 16.6 Å². The number of aromatic nitrogens is 1. The minimum Gasteiger partial charge on any atom is -0.497 e. The number of carbonyl (C=O) groups is 1. The SMILES string of the molecule is COc1ccc(OC)c(S(=O)(=O)N2CCN(C(=O)c3cc(C(C)C)nc4ccccc34)CC2)c1. The van der Waals surface area contributed by atoms with Crippen molar-refractivity contribution >= 4 is 26.8 Å². The molecule has 0 saturated carbocycles. The lowest BCUT2D eigenvalue weighted by Crippen LogP contribution is -2.50. The Morgan fingerprint density at radius 3 is 2.32 bits per heavy atom. The van der Waals surface area contributed by atoms with Crippen molar-refractivity contribution < 1.29 is 22.7 Å². The summed E-state index contributed by atoms with van der Waals surface area (Å²) in [5, 5.41) is 0.799. The molecule has 1 saturated heterocycles. The maximum absolute atomic E-state index is 13.5. The van der Waals surface area contributed by atoms with Crippen LogP contribution in [0.15, 0.2) is 53.4 Å². The summed E-state index contributed by atoms with van der Waals surface area (Å²) in [6.45, 7) is 5.04. The maximum atomic E-state index is 13.5. The maximum Gasteiger partial charge on any atom is 0.254 e. The smallest absolute Gasteiger partial charge is 0.254 e. The summed E-state index contributed by atoms with van der Waals surface area (Å²) >= 11 is 0. The number of methoxy groups -OCH3 is 2. The summed E-state index contributed by atoms with van der Waals surface area (Å²) in [6, 6.07) is 14.2. The number of pyridine rings is 1. The van der Waals surface area contributed by atoms with Crippen molar-refractivity contribution in [2.45, 2.75) is 24.7 Å². The molecule has 1 amide bonds. The van der Waals surface area contributed by atoms with E-state index >= 15 is 0 Å². The third kappa shape index (κ3) is 4.45. The third-order valence-corrected chi connectivity index (χ3v) is 7.99. The number of amides is 1. The number of para-hydroxylation sites is 1. The van der Waals surface area contributed by atoms with E-state index in [4.69, 9.17) is 14.5 Å². The lowest BCUT2D eigenvalue weighted by molar-refractivity contribution is 0.0699. The highest BCUT2D eigenvalue weighted by Gasteiger charge is 2.33. The largest absolute Gasteiger partial charge is 0.497 e. The zero-order valence-corrected chi connectivity index (χ0v) is 20.6. The van der Waals surface area contributed by atoms with E-state index in [2.05, 4.69) is 0 Å². The molecule has 0 spiro atoms. The molecule has 1 fully saturated rings. The molecule has 8 nitrogen and oxygen atoms in total. The summed E-state index contributed by atoms with van der Waals surface area (Å²) in [5.74, 6) is 0.745. The van der Waals surface area contributed by atoms with Crippen LogP contribution in [0.2, 0.25) is 0 Å². The summed E-state index contributed by atoms with van der Waals surface area (Å²) in [6.07, 6.45) is 0. The molecule has 180 valence electrons. The summed E-state index contributed by atoms with van der Waals surface area (Å²) in [4.78, 5) is 19.9. The van der Waals surface area contributed by atoms with Crippen molar-refractivity contribution in [2.75, 3.05) is 40.4 Å². The number of sulfonamides is 1. The second kappa shape index (κ2) is 9.60. The van der Waals surface area contributed by atoms with Gasteiger partial charge in [-0.05, 0) is 30.2 Å². The van der Waals surface area contributed by atoms with Crippen LogP contribution < -0.4 is 9.47 Å². The van der Waals surface area contributed by atoms with Crippen LogP contribution in [-0.2, 0) is 10.0 Å². The van der Waals surface area contributed by atoms with Crippen LogP contribution in [0.4, 0.5) is 0 Å². The molecule has 1 aromatic heterocycles. The average molecular weight is 484 g/mol. The van der Waals surface area contributed by atoms with Gasteiger partial charge in [0.1, 0.15) is 16.4 Å². The molecule has 3 aromatic rings. The molecule has 2 aromatic carbocycles. The van der Waals surface area contributed by atoms with Gasteiger partial charge < -0.3 is 14.4 Å². The molecule has 1 aliphatic rings. The molecule has 2 heterocycles. The number of fused-ring (bicyclic) bond motifs is 1. The predicted molar refractivity (Wildman–Crippen MR) is 130 cm³/mol. The van der Waals surface area contributed by atoms with Crippen LogP contribution in [0.1, 0.15) is 35.8 Å². The van der Waals surface area contributed by atoms with E-state index in [1.165, 1.54) is 24.6 Å². The second-order valence-electron chi connectivity index (χ2n) is 8.48. The van der Waals surface area contributed by atoms with Gasteiger partial charge in [0.15, 0.2) is 0 Å². The molecule has 34 heavy (non-hydrogen) atoms. The van der Waals surface area contributed by atoms with Crippen LogP contribution in [0, 0.1) is 0 Å². The molecule has 9 heteroatoms. The Balaban J connectivity index is 1.58. The molecular formula is C25H29N3O5S. The Bertz CT molecular complexity index is 1320. The van der Waals surface area contributed by atoms with Crippen LogP contribution in [0.3, 0.4) is 0 Å². The number of carbonyl (C=O) groups excluding carboxylic acids is 1. The highest BCUT2D eigenvalue weighted by Crippen LogP contribution is 2.31. The zero-order chi connectivity index (χ0) is 24.5. The van der Waals surface area contributed by atoms with Crippen LogP contribution in [0.5, 0.6) is 11.5 Å². The van der Waals surface area contributed by atoms with Crippen molar-refractivity contribution in [3.63, 3.8) is 0 Å². The van der Waals surface area contributed by atoms with Gasteiger partial charge in [0.05, 0.1) is 25.3 Å². The predicted octanol–water partition coefficient (Wildman–Crippen LogP) is 3.52. The fourth-order valence-electron chi connectivity index (χ4n) is 4.10. The Kier molecular flexibility index (Phi) is 6.77. The first kappa shape index (κ1) is 24.0. The highest BCUT2D eigenvalue weighted by molar-refractivity contribution is 7.89. The number of rotatable bonds is 6. The Labute approximate surface area is 200 Å². The van der Waals surface area contributed by atoms with Gasteiger partial charge in [0, 0.05) is 43.3 Å². The molecule has 0 atom stereocenters. The van der Waals surface area contributed by atoms with Crippen molar-refractivity contribution in [3.8, 4) is 11.5 Å². The number of piperazine rings is 1. The fraction of sp³-hybridized carbons (Fsp3) is 0.360. The first-order chi connectivity index (χ1) is 16.3. The Hall–Kier alpha value is -3.17. The molecule has 0 aliphatic carbocycles. The first-order valence-corrected chi connectivity index (χ1v) is 12.6. The highest BCUT2D eigenvalue weighted by atomic mass is 32.2. The Morgan fingerprint density at radius 2 is 1.68 bits per heavy atom. The van der Waals surface area contributed by atoms with Gasteiger partial charge in [-0.15, -0.1) is 0 Å². The molecule has 0 unspecified atom stereocenters. The van der Waals surface area contributed by atoms with Crippen LogP contribution in [-0.4, -0.2) is 68.9 Å². The number of ether oxygens (including phenoxy) is 2. The van der Waals surface area contributed by atoms with Gasteiger partial charge in [-0.25, -0.2) is 8.42 Å². The second-order valence-corrected chi connectivity index (χ2v) is 10.4. The molecule has 0 N–H and O–H groups in total. The molecule has 4 rings (SSSR count). The van der Waals surface area contributed by atoms with E-state index in [9.17, 15) is 13.2 Å². The van der Waals surface area contributed by atoms with Crippen molar-refractivity contribution in [1.82, 2.24) is 14.2 Å². The van der Waals surface area contributed by atoms with Crippen molar-refractivity contribution in [2.24, 2.45) is 0 Å². The Morgan fingerprint density at radius 1 is 0.971 bits per heavy atom. The fourth-order valence-corrected chi connectivity index (χ4v) is 5.69. The van der Waals surface area contributed by atoms with E-state index in [-0.39, 0.29) is 48.6 Å². The molecular weight excluding hydrogens is 454 g/mol. The van der Waals surface area contributed by atoms with E-state index in [1.807, 2.05) is 44.2 Å². The lowest BCUT2D eigenvalue weighted by Gasteiger charge is -2.34. The quantitative estimate of drug-likeness (QED) is 0.533. The van der Waals surface area contributed by atoms with Crippen molar-refractivity contribution in [3.05, 3.63) is 59.8 Å². The van der Waals surface area contributed by atoms with Gasteiger partial charge in [-0.1, -0.05) is 32.0 Å². The van der Waals surface area contributed by atoms with E-state index in [0.29, 0.717) is 11.3 Å². The van der Waals surface area contributed by atoms with Crippen LogP contribution in [0.25, 0.3) is 10.9 Å². The number of nitrogens with zero attached hydrogens (tertiary/aromatic N) is 3. The number of hydrogen-bond donors (Lipinski definition) is 0. The minimum atomic E-state index is -3.82.